The van der Waals surface area contributed by atoms with Crippen LogP contribution in [-0.4, -0.2) is 16.8 Å². The summed E-state index contributed by atoms with van der Waals surface area (Å²) in [5, 5.41) is 1.63. The molecule has 150 valence electrons. The Morgan fingerprint density at radius 1 is 1.11 bits per heavy atom. The van der Waals surface area contributed by atoms with Crippen LogP contribution in [0.2, 0.25) is 0 Å². The van der Waals surface area contributed by atoms with Crippen molar-refractivity contribution in [2.24, 2.45) is 11.1 Å². The SMILES string of the molecule is CCCCc1ccc(C2(C3=C(CN)CC([SiH3])=C3C(C)(C)C)C=CC=CC2)cc1. The summed E-state index contributed by atoms with van der Waals surface area (Å²) >= 11 is 0. The molecule has 0 spiro atoms. The zero-order valence-electron chi connectivity index (χ0n) is 18.4. The third-order valence-electron chi connectivity index (χ3n) is 6.31. The minimum absolute atomic E-state index is 0.0818. The molecule has 1 atom stereocenters. The molecule has 0 aromatic heterocycles. The van der Waals surface area contributed by atoms with E-state index in [1.54, 1.807) is 10.8 Å². The molecule has 0 fully saturated rings. The van der Waals surface area contributed by atoms with Crippen LogP contribution >= 0.6 is 0 Å². The highest BCUT2D eigenvalue weighted by molar-refractivity contribution is 6.23. The van der Waals surface area contributed by atoms with Gasteiger partial charge >= 0.3 is 0 Å². The van der Waals surface area contributed by atoms with Gasteiger partial charge in [-0.25, -0.2) is 0 Å². The molecule has 28 heavy (non-hydrogen) atoms. The van der Waals surface area contributed by atoms with Gasteiger partial charge in [0, 0.05) is 22.2 Å². The molecule has 1 nitrogen and oxygen atoms in total. The Labute approximate surface area is 174 Å². The third kappa shape index (κ3) is 3.90. The van der Waals surface area contributed by atoms with Crippen LogP contribution in [0.4, 0.5) is 0 Å². The van der Waals surface area contributed by atoms with Crippen molar-refractivity contribution < 1.29 is 0 Å². The summed E-state index contributed by atoms with van der Waals surface area (Å²) in [7, 11) is 1.11. The molecule has 2 aliphatic carbocycles. The van der Waals surface area contributed by atoms with E-state index < -0.39 is 0 Å². The van der Waals surface area contributed by atoms with Crippen molar-refractivity contribution in [3.63, 3.8) is 0 Å². The number of hydrogen-bond donors (Lipinski definition) is 1. The number of aryl methyl sites for hydroxylation is 1. The minimum atomic E-state index is -0.0818. The predicted octanol–water partition coefficient (Wildman–Crippen LogP) is 5.11. The number of nitrogens with two attached hydrogens (primary N) is 1. The maximum Gasteiger partial charge on any atom is 0.0422 e. The molecule has 0 amide bonds. The van der Waals surface area contributed by atoms with Gasteiger partial charge in [0.25, 0.3) is 0 Å². The van der Waals surface area contributed by atoms with Crippen LogP contribution in [0.5, 0.6) is 0 Å². The fourth-order valence-electron chi connectivity index (χ4n) is 5.13. The van der Waals surface area contributed by atoms with E-state index in [0.29, 0.717) is 6.54 Å². The maximum atomic E-state index is 6.30. The average molecular weight is 392 g/mol. The molecule has 2 aliphatic rings. The molecule has 3 rings (SSSR count). The lowest BCUT2D eigenvalue weighted by Gasteiger charge is -2.40. The Morgan fingerprint density at radius 3 is 2.36 bits per heavy atom. The summed E-state index contributed by atoms with van der Waals surface area (Å²) in [6, 6.07) is 9.44. The van der Waals surface area contributed by atoms with Gasteiger partial charge in [-0.3, -0.25) is 0 Å². The first-order valence-electron chi connectivity index (χ1n) is 10.9. The van der Waals surface area contributed by atoms with Gasteiger partial charge in [-0.1, -0.05) is 87.9 Å². The molecule has 2 heteroatoms. The summed E-state index contributed by atoms with van der Waals surface area (Å²) in [6.45, 7) is 10.0. The topological polar surface area (TPSA) is 26.0 Å². The van der Waals surface area contributed by atoms with E-state index in [0.717, 1.165) is 23.1 Å². The summed E-state index contributed by atoms with van der Waals surface area (Å²) in [5.41, 5.74) is 13.8. The van der Waals surface area contributed by atoms with Crippen molar-refractivity contribution in [1.29, 1.82) is 0 Å². The molecule has 1 aromatic carbocycles. The van der Waals surface area contributed by atoms with Gasteiger partial charge in [-0.05, 0) is 58.9 Å². The van der Waals surface area contributed by atoms with E-state index in [2.05, 4.69) is 76.3 Å². The van der Waals surface area contributed by atoms with E-state index in [9.17, 15) is 0 Å². The lowest BCUT2D eigenvalue weighted by molar-refractivity contribution is 0.486. The van der Waals surface area contributed by atoms with Gasteiger partial charge in [-0.2, -0.15) is 0 Å². The van der Waals surface area contributed by atoms with Crippen molar-refractivity contribution >= 4 is 10.2 Å². The second kappa shape index (κ2) is 8.38. The molecule has 0 aliphatic heterocycles. The highest BCUT2D eigenvalue weighted by Gasteiger charge is 2.42. The fraction of sp³-hybridized carbons (Fsp3) is 0.462. The number of benzene rings is 1. The first kappa shape index (κ1) is 21.1. The molecular formula is C26H37NSi. The van der Waals surface area contributed by atoms with Crippen LogP contribution < -0.4 is 5.73 Å². The Morgan fingerprint density at radius 2 is 1.82 bits per heavy atom. The highest BCUT2D eigenvalue weighted by atomic mass is 28.1. The van der Waals surface area contributed by atoms with Gasteiger partial charge < -0.3 is 5.73 Å². The zero-order valence-corrected chi connectivity index (χ0v) is 20.4. The van der Waals surface area contributed by atoms with E-state index >= 15 is 0 Å². The van der Waals surface area contributed by atoms with Crippen LogP contribution in [-0.2, 0) is 11.8 Å². The maximum absolute atomic E-state index is 6.30. The summed E-state index contributed by atoms with van der Waals surface area (Å²) in [5.74, 6) is 0. The van der Waals surface area contributed by atoms with Gasteiger partial charge in [-0.15, -0.1) is 0 Å². The average Bonchev–Trinajstić information content (AvgIpc) is 3.04. The highest BCUT2D eigenvalue weighted by Crippen LogP contribution is 2.53. The Bertz CT molecular complexity index is 830. The Hall–Kier alpha value is -1.64. The normalized spacial score (nSPS) is 22.6. The van der Waals surface area contributed by atoms with Crippen LogP contribution in [0.3, 0.4) is 0 Å². The van der Waals surface area contributed by atoms with Gasteiger partial charge in [0.15, 0.2) is 0 Å². The molecular weight excluding hydrogens is 354 g/mol. The largest absolute Gasteiger partial charge is 0.327 e. The van der Waals surface area contributed by atoms with Crippen molar-refractivity contribution in [3.8, 4) is 0 Å². The van der Waals surface area contributed by atoms with E-state index in [4.69, 9.17) is 5.73 Å². The first-order valence-corrected chi connectivity index (χ1v) is 11.9. The quantitative estimate of drug-likeness (QED) is 0.670. The number of rotatable bonds is 6. The van der Waals surface area contributed by atoms with Crippen molar-refractivity contribution in [3.05, 3.63) is 81.6 Å². The molecule has 2 N–H and O–H groups in total. The monoisotopic (exact) mass is 391 g/mol. The standard InChI is InChI=1S/C26H37NSi/c1-5-6-10-19-11-13-21(14-12-19)26(15-8-7-9-16-26)23-20(18-27)17-22(28)24(23)25(2,3)4/h7-9,11-15H,5-6,10,16-18,27H2,1-4,28H3. The predicted molar refractivity (Wildman–Crippen MR) is 127 cm³/mol. The Kier molecular flexibility index (Phi) is 6.31. The lowest BCUT2D eigenvalue weighted by Crippen LogP contribution is -2.32. The number of unbranched alkanes of at least 4 members (excludes halogenated alkanes) is 1. The van der Waals surface area contributed by atoms with Crippen LogP contribution in [0, 0.1) is 5.41 Å². The van der Waals surface area contributed by atoms with Crippen LogP contribution in [0.1, 0.15) is 64.5 Å². The van der Waals surface area contributed by atoms with Gasteiger partial charge in [0.05, 0.1) is 0 Å². The van der Waals surface area contributed by atoms with Crippen molar-refractivity contribution in [2.75, 3.05) is 6.54 Å². The molecule has 0 saturated carbocycles. The van der Waals surface area contributed by atoms with Crippen molar-refractivity contribution in [1.82, 2.24) is 0 Å². The summed E-state index contributed by atoms with van der Waals surface area (Å²) in [4.78, 5) is 0. The van der Waals surface area contributed by atoms with E-state index in [1.807, 2.05) is 0 Å². The van der Waals surface area contributed by atoms with E-state index in [1.165, 1.54) is 41.5 Å². The fourth-order valence-corrected chi connectivity index (χ4v) is 6.56. The number of hydrogen-bond acceptors (Lipinski definition) is 1. The number of allylic oxidation sites excluding steroid dienone is 7. The second-order valence-corrected chi connectivity index (χ2v) is 10.7. The van der Waals surface area contributed by atoms with Crippen LogP contribution in [0.25, 0.3) is 0 Å². The van der Waals surface area contributed by atoms with Crippen LogP contribution in [0.15, 0.2) is 70.5 Å². The first-order chi connectivity index (χ1) is 13.3. The zero-order chi connectivity index (χ0) is 20.4. The molecule has 1 aromatic rings. The molecule has 0 heterocycles. The van der Waals surface area contributed by atoms with Crippen molar-refractivity contribution in [2.45, 2.75) is 65.2 Å². The second-order valence-electron chi connectivity index (χ2n) is 9.53. The summed E-state index contributed by atoms with van der Waals surface area (Å²) in [6.07, 6.45) is 15.0. The molecule has 0 saturated heterocycles. The smallest absolute Gasteiger partial charge is 0.0422 e. The molecule has 0 radical (unpaired) electrons. The molecule has 1 unspecified atom stereocenters. The third-order valence-corrected chi connectivity index (χ3v) is 7.16. The lowest BCUT2D eigenvalue weighted by atomic mass is 9.64. The summed E-state index contributed by atoms with van der Waals surface area (Å²) < 4.78 is 0. The van der Waals surface area contributed by atoms with E-state index in [-0.39, 0.29) is 10.8 Å². The Balaban J connectivity index is 2.14. The van der Waals surface area contributed by atoms with Gasteiger partial charge in [0.2, 0.25) is 0 Å². The van der Waals surface area contributed by atoms with Gasteiger partial charge in [0.1, 0.15) is 0 Å². The molecule has 0 bridgehead atoms. The minimum Gasteiger partial charge on any atom is -0.327 e.